The third-order valence-electron chi connectivity index (χ3n) is 3.19. The van der Waals surface area contributed by atoms with Crippen molar-refractivity contribution in [1.29, 1.82) is 0 Å². The summed E-state index contributed by atoms with van der Waals surface area (Å²) in [6.45, 7) is 0.745. The van der Waals surface area contributed by atoms with Crippen LogP contribution in [0.2, 0.25) is 0 Å². The van der Waals surface area contributed by atoms with Crippen molar-refractivity contribution in [3.63, 3.8) is 0 Å². The Morgan fingerprint density at radius 2 is 1.47 bits per heavy atom. The molecule has 0 amide bonds. The van der Waals surface area contributed by atoms with Gasteiger partial charge in [-0.05, 0) is 12.8 Å². The zero-order valence-corrected chi connectivity index (χ0v) is 12.7. The van der Waals surface area contributed by atoms with Crippen LogP contribution in [-0.4, -0.2) is 27.1 Å². The van der Waals surface area contributed by atoms with Gasteiger partial charge in [0.25, 0.3) is 10.1 Å². The molecule has 6 heteroatoms. The maximum Gasteiger partial charge on any atom is 0.285 e. The van der Waals surface area contributed by atoms with E-state index in [0.29, 0.717) is 5.84 Å². The standard InChI is InChI=1S/C13H26N2O3S/c1-19(16,17)18-15-13-11-9-7-5-3-2-4-6-8-10-12-14-13/h2-12H2,1H3,(H,14,15). The Balaban J connectivity index is 2.43. The Kier molecular flexibility index (Phi) is 8.05. The molecule has 0 atom stereocenters. The SMILES string of the molecule is CS(=O)(=O)ONC1=NCCCCCCCCCCC1. The van der Waals surface area contributed by atoms with Crippen LogP contribution in [0.4, 0.5) is 0 Å². The molecule has 0 saturated carbocycles. The lowest BCUT2D eigenvalue weighted by Crippen LogP contribution is -2.27. The smallest absolute Gasteiger partial charge is 0.271 e. The van der Waals surface area contributed by atoms with E-state index in [4.69, 9.17) is 0 Å². The molecular weight excluding hydrogens is 264 g/mol. The van der Waals surface area contributed by atoms with E-state index in [-0.39, 0.29) is 0 Å². The van der Waals surface area contributed by atoms with Crippen LogP contribution in [0.1, 0.15) is 64.2 Å². The molecule has 1 aliphatic rings. The van der Waals surface area contributed by atoms with E-state index in [0.717, 1.165) is 32.1 Å². The molecule has 0 aromatic heterocycles. The summed E-state index contributed by atoms with van der Waals surface area (Å²) in [5.41, 5.74) is 2.49. The van der Waals surface area contributed by atoms with E-state index in [1.165, 1.54) is 44.9 Å². The summed E-state index contributed by atoms with van der Waals surface area (Å²) < 4.78 is 26.5. The Morgan fingerprint density at radius 3 is 2.05 bits per heavy atom. The van der Waals surface area contributed by atoms with Gasteiger partial charge in [0.05, 0.1) is 6.26 Å². The van der Waals surface area contributed by atoms with Crippen LogP contribution >= 0.6 is 0 Å². The fraction of sp³-hybridized carbons (Fsp3) is 0.923. The summed E-state index contributed by atoms with van der Waals surface area (Å²) in [5, 5.41) is 0. The summed E-state index contributed by atoms with van der Waals surface area (Å²) in [5.74, 6) is 0.657. The first-order valence-electron chi connectivity index (χ1n) is 7.26. The molecule has 1 aliphatic heterocycles. The molecule has 0 aromatic rings. The average Bonchev–Trinajstić information content (AvgIpc) is 2.36. The van der Waals surface area contributed by atoms with Gasteiger partial charge >= 0.3 is 0 Å². The van der Waals surface area contributed by atoms with Gasteiger partial charge in [0.15, 0.2) is 0 Å². The van der Waals surface area contributed by atoms with Crippen LogP contribution < -0.4 is 5.48 Å². The number of hydrogen-bond acceptors (Lipinski definition) is 5. The molecule has 19 heavy (non-hydrogen) atoms. The van der Waals surface area contributed by atoms with Crippen LogP contribution in [0, 0.1) is 0 Å². The zero-order chi connectivity index (χ0) is 14.0. The number of aliphatic imine (C=N–C) groups is 1. The summed E-state index contributed by atoms with van der Waals surface area (Å²) >= 11 is 0. The molecule has 0 bridgehead atoms. The van der Waals surface area contributed by atoms with Gasteiger partial charge in [0.1, 0.15) is 5.84 Å². The highest BCUT2D eigenvalue weighted by Gasteiger charge is 2.06. The quantitative estimate of drug-likeness (QED) is 0.794. The number of nitrogens with zero attached hydrogens (tertiary/aromatic N) is 1. The minimum Gasteiger partial charge on any atom is -0.271 e. The molecule has 0 aliphatic carbocycles. The third-order valence-corrected chi connectivity index (χ3v) is 3.57. The number of hydrogen-bond donors (Lipinski definition) is 1. The molecule has 0 aromatic carbocycles. The van der Waals surface area contributed by atoms with E-state index in [1.54, 1.807) is 0 Å². The first-order valence-corrected chi connectivity index (χ1v) is 9.07. The Labute approximate surface area is 116 Å². The van der Waals surface area contributed by atoms with Crippen molar-refractivity contribution in [2.45, 2.75) is 64.2 Å². The van der Waals surface area contributed by atoms with Crippen molar-refractivity contribution in [1.82, 2.24) is 5.48 Å². The topological polar surface area (TPSA) is 67.8 Å². The highest BCUT2D eigenvalue weighted by Crippen LogP contribution is 2.12. The number of rotatable bonds is 2. The fourth-order valence-corrected chi connectivity index (χ4v) is 2.39. The van der Waals surface area contributed by atoms with Gasteiger partial charge < -0.3 is 0 Å². The first-order chi connectivity index (χ1) is 9.08. The molecule has 0 unspecified atom stereocenters. The second-order valence-corrected chi connectivity index (χ2v) is 6.72. The van der Waals surface area contributed by atoms with Gasteiger partial charge in [-0.25, -0.2) is 5.48 Å². The van der Waals surface area contributed by atoms with E-state index in [9.17, 15) is 8.42 Å². The normalized spacial score (nSPS) is 20.6. The Bertz CT molecular complexity index is 366. The maximum atomic E-state index is 11.0. The van der Waals surface area contributed by atoms with Gasteiger partial charge in [-0.3, -0.25) is 4.99 Å². The maximum absolute atomic E-state index is 11.0. The Hall–Kier alpha value is -0.620. The third kappa shape index (κ3) is 9.90. The molecule has 0 fully saturated rings. The summed E-state index contributed by atoms with van der Waals surface area (Å²) in [7, 11) is -3.47. The Morgan fingerprint density at radius 1 is 0.947 bits per heavy atom. The predicted octanol–water partition coefficient (Wildman–Crippen LogP) is 2.78. The lowest BCUT2D eigenvalue weighted by Gasteiger charge is -2.08. The largest absolute Gasteiger partial charge is 0.285 e. The highest BCUT2D eigenvalue weighted by molar-refractivity contribution is 7.85. The molecule has 1 N–H and O–H groups in total. The molecule has 112 valence electrons. The van der Waals surface area contributed by atoms with E-state index in [1.807, 2.05) is 0 Å². The number of nitrogens with one attached hydrogen (secondary N) is 1. The van der Waals surface area contributed by atoms with Crippen LogP contribution in [0.5, 0.6) is 0 Å². The van der Waals surface area contributed by atoms with Gasteiger partial charge in [0.2, 0.25) is 0 Å². The number of amidine groups is 1. The average molecular weight is 290 g/mol. The van der Waals surface area contributed by atoms with Gasteiger partial charge in [0, 0.05) is 13.0 Å². The minimum atomic E-state index is -3.47. The zero-order valence-electron chi connectivity index (χ0n) is 11.9. The van der Waals surface area contributed by atoms with Crippen LogP contribution in [0.25, 0.3) is 0 Å². The lowest BCUT2D eigenvalue weighted by atomic mass is 10.1. The van der Waals surface area contributed by atoms with Crippen LogP contribution in [0.15, 0.2) is 4.99 Å². The van der Waals surface area contributed by atoms with Crippen molar-refractivity contribution >= 4 is 16.0 Å². The molecular formula is C13H26N2O3S. The number of hydroxylamine groups is 1. The van der Waals surface area contributed by atoms with E-state index in [2.05, 4.69) is 14.8 Å². The minimum absolute atomic E-state index is 0.657. The summed E-state index contributed by atoms with van der Waals surface area (Å²) in [4.78, 5) is 4.41. The van der Waals surface area contributed by atoms with Gasteiger partial charge in [-0.15, -0.1) is 0 Å². The first kappa shape index (κ1) is 16.4. The van der Waals surface area contributed by atoms with E-state index < -0.39 is 10.1 Å². The van der Waals surface area contributed by atoms with Crippen molar-refractivity contribution in [2.24, 2.45) is 4.99 Å². The second kappa shape index (κ2) is 9.31. The van der Waals surface area contributed by atoms with Crippen LogP contribution in [-0.2, 0) is 14.4 Å². The van der Waals surface area contributed by atoms with Gasteiger partial charge in [-0.1, -0.05) is 44.9 Å². The van der Waals surface area contributed by atoms with Crippen LogP contribution in [0.3, 0.4) is 0 Å². The molecule has 1 heterocycles. The molecule has 5 nitrogen and oxygen atoms in total. The molecule has 0 spiro atoms. The van der Waals surface area contributed by atoms with Crippen molar-refractivity contribution in [3.8, 4) is 0 Å². The van der Waals surface area contributed by atoms with E-state index >= 15 is 0 Å². The molecule has 0 radical (unpaired) electrons. The predicted molar refractivity (Wildman–Crippen MR) is 77.5 cm³/mol. The monoisotopic (exact) mass is 290 g/mol. The molecule has 0 saturated heterocycles. The van der Waals surface area contributed by atoms with Crippen molar-refractivity contribution in [2.75, 3.05) is 12.8 Å². The molecule has 1 rings (SSSR count). The fourth-order valence-electron chi connectivity index (χ4n) is 2.14. The summed E-state index contributed by atoms with van der Waals surface area (Å²) in [6, 6.07) is 0. The summed E-state index contributed by atoms with van der Waals surface area (Å²) in [6.07, 6.45) is 12.7. The second-order valence-electron chi connectivity index (χ2n) is 5.15. The van der Waals surface area contributed by atoms with Crippen molar-refractivity contribution < 1.29 is 12.7 Å². The van der Waals surface area contributed by atoms with Gasteiger partial charge in [-0.2, -0.15) is 12.7 Å². The highest BCUT2D eigenvalue weighted by atomic mass is 32.2. The van der Waals surface area contributed by atoms with Crippen molar-refractivity contribution in [3.05, 3.63) is 0 Å². The lowest BCUT2D eigenvalue weighted by molar-refractivity contribution is 0.267.